The number of carbonyl (C=O) groups is 4. The van der Waals surface area contributed by atoms with E-state index in [4.69, 9.17) is 37.9 Å². The van der Waals surface area contributed by atoms with E-state index in [2.05, 4.69) is 21.3 Å². The molecule has 4 amide bonds. The number of aliphatic hydroxyl groups excluding tert-OH is 1. The number of phenols is 1. The lowest BCUT2D eigenvalue weighted by Gasteiger charge is -2.27. The topological polar surface area (TPSA) is 274 Å². The van der Waals surface area contributed by atoms with Gasteiger partial charge in [-0.2, -0.15) is 0 Å². The van der Waals surface area contributed by atoms with Crippen molar-refractivity contribution >= 4 is 29.7 Å². The van der Waals surface area contributed by atoms with Gasteiger partial charge >= 0.3 is 17.9 Å². The number of nitro benzene ring substituents is 1. The molecule has 21 nitrogen and oxygen atoms in total. The maximum Gasteiger partial charge on any atom is 0.408 e. The normalized spacial score (nSPS) is 16.3. The zero-order chi connectivity index (χ0) is 53.9. The molecule has 0 aliphatic carbocycles. The van der Waals surface area contributed by atoms with Crippen molar-refractivity contribution in [3.8, 4) is 46.0 Å². The van der Waals surface area contributed by atoms with Gasteiger partial charge in [0, 0.05) is 18.6 Å². The molecule has 74 heavy (non-hydrogen) atoms. The van der Waals surface area contributed by atoms with Crippen LogP contribution in [-0.4, -0.2) is 90.9 Å². The number of nitrogens with one attached hydrogen (secondary N) is 4. The quantitative estimate of drug-likeness (QED) is 0.0426. The summed E-state index contributed by atoms with van der Waals surface area (Å²) in [6.07, 6.45) is -2.06. The van der Waals surface area contributed by atoms with E-state index in [1.165, 1.54) is 63.8 Å². The first kappa shape index (κ1) is 55.0. The van der Waals surface area contributed by atoms with E-state index in [0.29, 0.717) is 5.56 Å². The number of rotatable bonds is 15. The van der Waals surface area contributed by atoms with Gasteiger partial charge in [0.25, 0.3) is 0 Å². The summed E-state index contributed by atoms with van der Waals surface area (Å²) in [7, 11) is 4.04. The van der Waals surface area contributed by atoms with Gasteiger partial charge < -0.3 is 69.4 Å². The monoisotopic (exact) mass is 1020 g/mol. The second kappa shape index (κ2) is 23.9. The van der Waals surface area contributed by atoms with Gasteiger partial charge in [-0.3, -0.25) is 19.7 Å². The highest BCUT2D eigenvalue weighted by Crippen LogP contribution is 2.44. The molecule has 394 valence electrons. The maximum absolute atomic E-state index is 14.8. The molecule has 2 aliphatic rings. The number of aliphatic hydroxyl groups is 1. The number of benzene rings is 5. The van der Waals surface area contributed by atoms with Crippen LogP contribution in [0.4, 0.5) is 15.3 Å². The molecule has 0 saturated carbocycles. The molecule has 4 bridgehead atoms. The molecule has 2 aliphatic heterocycles. The number of hydrogen-bond acceptors (Lipinski definition) is 16. The molecule has 7 rings (SSSR count). The van der Waals surface area contributed by atoms with Crippen LogP contribution in [0.15, 0.2) is 97.1 Å². The minimum atomic E-state index is -1.67. The van der Waals surface area contributed by atoms with Crippen molar-refractivity contribution in [1.29, 1.82) is 0 Å². The summed E-state index contributed by atoms with van der Waals surface area (Å²) in [4.78, 5) is 67.7. The Labute approximate surface area is 427 Å². The van der Waals surface area contributed by atoms with Crippen LogP contribution in [0.5, 0.6) is 46.0 Å². The number of ether oxygens (including phenoxy) is 8. The first-order valence-corrected chi connectivity index (χ1v) is 23.3. The molecule has 6 N–H and O–H groups in total. The third-order valence-corrected chi connectivity index (χ3v) is 11.0. The fourth-order valence-electron chi connectivity index (χ4n) is 7.65. The summed E-state index contributed by atoms with van der Waals surface area (Å²) in [6.45, 7) is 9.57. The molecule has 0 fully saturated rings. The summed E-state index contributed by atoms with van der Waals surface area (Å²) in [6, 6.07) is 20.0. The van der Waals surface area contributed by atoms with E-state index >= 15 is 0 Å². The third kappa shape index (κ3) is 14.9. The van der Waals surface area contributed by atoms with Crippen LogP contribution in [0.1, 0.15) is 87.5 Å². The molecule has 21 heteroatoms. The molecule has 2 heterocycles. The maximum atomic E-state index is 14.8. The van der Waals surface area contributed by atoms with E-state index in [-0.39, 0.29) is 76.6 Å². The number of nitrogens with zero attached hydrogens (tertiary/aromatic N) is 1. The molecular formula is C53H61N5O16. The Balaban J connectivity index is 1.44. The van der Waals surface area contributed by atoms with Crippen molar-refractivity contribution in [3.05, 3.63) is 135 Å². The number of nitro groups is 1. The van der Waals surface area contributed by atoms with E-state index in [0.717, 1.165) is 11.6 Å². The fourth-order valence-corrected chi connectivity index (χ4v) is 7.65. The Morgan fingerprint density at radius 2 is 1.49 bits per heavy atom. The van der Waals surface area contributed by atoms with Crippen LogP contribution in [0.2, 0.25) is 0 Å². The first-order valence-electron chi connectivity index (χ1n) is 23.3. The SMILES string of the molecule is COc1cc(Oc2cc([C@H](COCc3ccccc3)NC(=O)OC(C)(C)C)ccc2OC)cc([C@@H]2NC(=O)[C@H](NC(=O)OC(C)(C)C)Cc3ccc(c([N+](=O)[O-])c3)Oc3cc(cc(O)c3OC)[C@H](CO)NC2=O)c1. The predicted octanol–water partition coefficient (Wildman–Crippen LogP) is 8.15. The molecule has 0 spiro atoms. The van der Waals surface area contributed by atoms with Crippen LogP contribution in [0.25, 0.3) is 0 Å². The van der Waals surface area contributed by atoms with Crippen molar-refractivity contribution in [2.75, 3.05) is 34.5 Å². The van der Waals surface area contributed by atoms with Crippen LogP contribution in [0.3, 0.4) is 0 Å². The van der Waals surface area contributed by atoms with Crippen molar-refractivity contribution in [1.82, 2.24) is 21.3 Å². The Kier molecular flexibility index (Phi) is 17.8. The van der Waals surface area contributed by atoms with Gasteiger partial charge in [-0.25, -0.2) is 9.59 Å². The second-order valence-electron chi connectivity index (χ2n) is 19.0. The van der Waals surface area contributed by atoms with Gasteiger partial charge in [0.05, 0.1) is 58.2 Å². The Hall–Kier alpha value is -8.30. The molecule has 0 aromatic heterocycles. The minimum Gasteiger partial charge on any atom is -0.504 e. The van der Waals surface area contributed by atoms with Gasteiger partial charge in [-0.1, -0.05) is 42.5 Å². The molecule has 0 saturated heterocycles. The van der Waals surface area contributed by atoms with Crippen LogP contribution in [-0.2, 0) is 36.8 Å². The Morgan fingerprint density at radius 3 is 2.14 bits per heavy atom. The number of hydrogen-bond donors (Lipinski definition) is 6. The van der Waals surface area contributed by atoms with Crippen LogP contribution >= 0.6 is 0 Å². The highest BCUT2D eigenvalue weighted by molar-refractivity contribution is 5.92. The number of methoxy groups -OCH3 is 3. The highest BCUT2D eigenvalue weighted by atomic mass is 16.6. The summed E-state index contributed by atoms with van der Waals surface area (Å²) in [5.41, 5.74) is -0.582. The van der Waals surface area contributed by atoms with Crippen LogP contribution < -0.4 is 45.0 Å². The number of carbonyl (C=O) groups excluding carboxylic acids is 4. The van der Waals surface area contributed by atoms with Crippen molar-refractivity contribution in [2.45, 2.75) is 89.9 Å². The largest absolute Gasteiger partial charge is 0.504 e. The standard InChI is InChI=1S/C53H61N5O16/c1-52(2,3)73-50(63)55-37-19-31-15-17-42(40(20-31)58(65)66)72-45-25-33(23-41(60)47(45)69-9)38(27-59)54-49(62)46(57-48(37)61)34-21-35(67-7)26-36(22-34)71-44-24-32(16-18-43(44)68-8)39(56-51(64)74-53(4,5)6)29-70-28-30-13-11-10-12-14-30/h10-18,20-26,37-39,46,59-60H,19,27-29H2,1-9H3,(H,54,62)(H,55,63)(H,56,64)(H,57,61)/t37-,38+,39+,46+/m1/s1. The third-order valence-electron chi connectivity index (χ3n) is 11.0. The van der Waals surface area contributed by atoms with E-state index in [9.17, 15) is 39.5 Å². The summed E-state index contributed by atoms with van der Waals surface area (Å²) in [5, 5.41) is 45.2. The summed E-state index contributed by atoms with van der Waals surface area (Å²) in [5.74, 6) is -2.39. The fraction of sp³-hybridized carbons (Fsp3) is 0.358. The van der Waals surface area contributed by atoms with E-state index in [1.54, 1.807) is 59.7 Å². The lowest BCUT2D eigenvalue weighted by molar-refractivity contribution is -0.385. The lowest BCUT2D eigenvalue weighted by Crippen LogP contribution is -2.52. The number of fused-ring (bicyclic) bond motifs is 9. The van der Waals surface area contributed by atoms with E-state index in [1.807, 2.05) is 30.3 Å². The average molecular weight is 1020 g/mol. The number of alkyl carbamates (subject to hydrolysis) is 2. The first-order chi connectivity index (χ1) is 35.1. The summed E-state index contributed by atoms with van der Waals surface area (Å²) < 4.78 is 46.4. The van der Waals surface area contributed by atoms with Crippen molar-refractivity contribution in [2.24, 2.45) is 0 Å². The number of aromatic hydroxyl groups is 1. The van der Waals surface area contributed by atoms with Gasteiger partial charge in [-0.05, 0) is 112 Å². The lowest BCUT2D eigenvalue weighted by atomic mass is 10.00. The zero-order valence-corrected chi connectivity index (χ0v) is 42.4. The van der Waals surface area contributed by atoms with Gasteiger partial charge in [0.15, 0.2) is 23.0 Å². The highest BCUT2D eigenvalue weighted by Gasteiger charge is 2.34. The van der Waals surface area contributed by atoms with Gasteiger partial charge in [0.2, 0.25) is 23.3 Å². The van der Waals surface area contributed by atoms with Gasteiger partial charge in [0.1, 0.15) is 34.8 Å². The smallest absolute Gasteiger partial charge is 0.408 e. The molecule has 4 atom stereocenters. The van der Waals surface area contributed by atoms with Crippen molar-refractivity contribution in [3.63, 3.8) is 0 Å². The zero-order valence-electron chi connectivity index (χ0n) is 42.4. The molecule has 0 unspecified atom stereocenters. The van der Waals surface area contributed by atoms with Gasteiger partial charge in [-0.15, -0.1) is 0 Å². The Morgan fingerprint density at radius 1 is 0.784 bits per heavy atom. The second-order valence-corrected chi connectivity index (χ2v) is 19.0. The Bertz CT molecular complexity index is 2830. The predicted molar refractivity (Wildman–Crippen MR) is 268 cm³/mol. The summed E-state index contributed by atoms with van der Waals surface area (Å²) >= 11 is 0. The molecule has 5 aromatic carbocycles. The minimum absolute atomic E-state index is 0.0188. The number of amides is 4. The van der Waals surface area contributed by atoms with Crippen molar-refractivity contribution < 1.29 is 72.2 Å². The molecule has 5 aromatic rings. The molecular weight excluding hydrogens is 963 g/mol. The molecule has 0 radical (unpaired) electrons. The van der Waals surface area contributed by atoms with E-state index < -0.39 is 82.3 Å². The average Bonchev–Trinajstić information content (AvgIpc) is 3.33. The number of phenolic OH excluding ortho intramolecular Hbond substituents is 1. The van der Waals surface area contributed by atoms with Crippen LogP contribution in [0, 0.1) is 10.1 Å².